The third kappa shape index (κ3) is 3.95. The van der Waals surface area contributed by atoms with Crippen LogP contribution < -0.4 is 5.32 Å². The van der Waals surface area contributed by atoms with Crippen LogP contribution >= 0.6 is 11.8 Å². The Hall–Kier alpha value is -5.83. The summed E-state index contributed by atoms with van der Waals surface area (Å²) in [5.74, 6) is 0. The molecule has 228 valence electrons. The fourth-order valence-electron chi connectivity index (χ4n) is 8.42. The number of thioether (sulfide) groups is 1. The van der Waals surface area contributed by atoms with Crippen LogP contribution in [0.15, 0.2) is 169 Å². The maximum Gasteiger partial charge on any atom is 0.103 e. The highest BCUT2D eigenvalue weighted by Crippen LogP contribution is 2.52. The molecule has 9 aromatic rings. The summed E-state index contributed by atoms with van der Waals surface area (Å²) in [6.07, 6.45) is 0. The molecule has 1 nitrogen and oxygen atoms in total. The van der Waals surface area contributed by atoms with Crippen LogP contribution in [0.4, 0.5) is 5.69 Å². The highest BCUT2D eigenvalue weighted by molar-refractivity contribution is 8.00. The van der Waals surface area contributed by atoms with E-state index in [2.05, 4.69) is 169 Å². The molecular formula is C47H29NS. The molecule has 2 aliphatic rings. The quantitative estimate of drug-likeness (QED) is 0.193. The number of hydrogen-bond acceptors (Lipinski definition) is 2. The van der Waals surface area contributed by atoms with E-state index in [-0.39, 0.29) is 5.37 Å². The third-order valence-corrected chi connectivity index (χ3v) is 11.9. The second kappa shape index (κ2) is 10.3. The van der Waals surface area contributed by atoms with Crippen molar-refractivity contribution in [3.63, 3.8) is 0 Å². The van der Waals surface area contributed by atoms with E-state index in [0.29, 0.717) is 0 Å². The predicted octanol–water partition coefficient (Wildman–Crippen LogP) is 13.5. The Morgan fingerprint density at radius 1 is 0.388 bits per heavy atom. The highest BCUT2D eigenvalue weighted by atomic mass is 32.2. The lowest BCUT2D eigenvalue weighted by Gasteiger charge is -2.15. The number of benzene rings is 9. The molecule has 1 aliphatic heterocycles. The number of fused-ring (bicyclic) bond motifs is 9. The van der Waals surface area contributed by atoms with Gasteiger partial charge in [0.05, 0.1) is 0 Å². The summed E-state index contributed by atoms with van der Waals surface area (Å²) in [6, 6.07) is 60.7. The lowest BCUT2D eigenvalue weighted by atomic mass is 9.88. The van der Waals surface area contributed by atoms with Crippen LogP contribution in [-0.2, 0) is 0 Å². The largest absolute Gasteiger partial charge is 0.368 e. The molecule has 1 heterocycles. The van der Waals surface area contributed by atoms with Crippen molar-refractivity contribution < 1.29 is 0 Å². The van der Waals surface area contributed by atoms with Gasteiger partial charge in [0.1, 0.15) is 5.37 Å². The maximum atomic E-state index is 3.77. The van der Waals surface area contributed by atoms with Crippen molar-refractivity contribution in [3.05, 3.63) is 169 Å². The van der Waals surface area contributed by atoms with E-state index in [4.69, 9.17) is 0 Å². The van der Waals surface area contributed by atoms with E-state index in [9.17, 15) is 0 Å². The highest BCUT2D eigenvalue weighted by Gasteiger charge is 2.26. The van der Waals surface area contributed by atoms with Gasteiger partial charge >= 0.3 is 0 Å². The molecule has 0 aromatic heterocycles. The van der Waals surface area contributed by atoms with Gasteiger partial charge in [-0.05, 0) is 99.9 Å². The van der Waals surface area contributed by atoms with Gasteiger partial charge in [-0.15, -0.1) is 0 Å². The summed E-state index contributed by atoms with van der Waals surface area (Å²) in [5, 5.41) is 14.4. The Labute approximate surface area is 288 Å². The zero-order valence-corrected chi connectivity index (χ0v) is 27.4. The smallest absolute Gasteiger partial charge is 0.103 e. The Morgan fingerprint density at radius 2 is 1.00 bits per heavy atom. The second-order valence-corrected chi connectivity index (χ2v) is 14.4. The minimum Gasteiger partial charge on any atom is -0.368 e. The average molecular weight is 640 g/mol. The van der Waals surface area contributed by atoms with Gasteiger partial charge < -0.3 is 5.32 Å². The molecule has 1 N–H and O–H groups in total. The summed E-state index contributed by atoms with van der Waals surface area (Å²) in [5.41, 5.74) is 12.9. The summed E-state index contributed by atoms with van der Waals surface area (Å²) in [4.78, 5) is 1.34. The maximum absolute atomic E-state index is 3.77. The van der Waals surface area contributed by atoms with Crippen LogP contribution in [0.2, 0.25) is 0 Å². The first-order chi connectivity index (χ1) is 24.3. The van der Waals surface area contributed by atoms with Crippen LogP contribution in [0.3, 0.4) is 0 Å². The predicted molar refractivity (Wildman–Crippen MR) is 210 cm³/mol. The number of rotatable bonds is 3. The lowest BCUT2D eigenvalue weighted by molar-refractivity contribution is 1.14. The molecule has 1 aliphatic carbocycles. The Bertz CT molecular complexity index is 2800. The lowest BCUT2D eigenvalue weighted by Crippen LogP contribution is -2.00. The Kier molecular flexibility index (Phi) is 5.73. The van der Waals surface area contributed by atoms with Crippen molar-refractivity contribution in [2.75, 3.05) is 5.32 Å². The van der Waals surface area contributed by atoms with Crippen LogP contribution in [-0.4, -0.2) is 0 Å². The van der Waals surface area contributed by atoms with Crippen molar-refractivity contribution >= 4 is 60.5 Å². The van der Waals surface area contributed by atoms with Crippen LogP contribution in [0, 0.1) is 0 Å². The number of hydrogen-bond donors (Lipinski definition) is 1. The molecule has 0 saturated heterocycles. The van der Waals surface area contributed by atoms with E-state index >= 15 is 0 Å². The standard InChI is InChI=1S/C47H29NS/c1-2-9-29(10-3-1)47-48-43-26-20-28-17-18-31-27-30(19-21-33(31)44(28)46(43)49-47)32-22-23-38(35-12-5-4-11-34(32)35)39-24-25-42-37-14-7-6-13-36(37)40-15-8-16-41(39)45(40)42/h1-27,47-48H. The molecule has 0 spiro atoms. The van der Waals surface area contributed by atoms with Crippen molar-refractivity contribution in [3.8, 4) is 44.5 Å². The summed E-state index contributed by atoms with van der Waals surface area (Å²) in [7, 11) is 0. The van der Waals surface area contributed by atoms with Gasteiger partial charge in [-0.3, -0.25) is 0 Å². The van der Waals surface area contributed by atoms with Crippen molar-refractivity contribution in [1.82, 2.24) is 0 Å². The van der Waals surface area contributed by atoms with E-state index in [0.717, 1.165) is 0 Å². The van der Waals surface area contributed by atoms with Crippen molar-refractivity contribution in [2.24, 2.45) is 0 Å². The minimum absolute atomic E-state index is 0.217. The Morgan fingerprint density at radius 3 is 1.84 bits per heavy atom. The monoisotopic (exact) mass is 639 g/mol. The van der Waals surface area contributed by atoms with Gasteiger partial charge in [0.15, 0.2) is 0 Å². The normalized spacial score (nSPS) is 14.4. The van der Waals surface area contributed by atoms with Gasteiger partial charge in [-0.1, -0.05) is 163 Å². The molecular weight excluding hydrogens is 611 g/mol. The van der Waals surface area contributed by atoms with Gasteiger partial charge in [0, 0.05) is 16.0 Å². The third-order valence-electron chi connectivity index (χ3n) is 10.7. The molecule has 1 unspecified atom stereocenters. The molecule has 0 fully saturated rings. The van der Waals surface area contributed by atoms with Gasteiger partial charge in [0.2, 0.25) is 0 Å². The fraction of sp³-hybridized carbons (Fsp3) is 0.0213. The van der Waals surface area contributed by atoms with E-state index in [1.165, 1.54) is 104 Å². The zero-order chi connectivity index (χ0) is 32.1. The topological polar surface area (TPSA) is 12.0 Å². The molecule has 0 amide bonds. The average Bonchev–Trinajstić information content (AvgIpc) is 3.76. The first-order valence-electron chi connectivity index (χ1n) is 17.0. The minimum atomic E-state index is 0.217. The zero-order valence-electron chi connectivity index (χ0n) is 26.6. The van der Waals surface area contributed by atoms with Gasteiger partial charge in [-0.2, -0.15) is 0 Å². The summed E-state index contributed by atoms with van der Waals surface area (Å²) in [6.45, 7) is 0. The molecule has 0 radical (unpaired) electrons. The Balaban J connectivity index is 1.05. The first-order valence-corrected chi connectivity index (χ1v) is 17.8. The van der Waals surface area contributed by atoms with Crippen molar-refractivity contribution in [1.29, 1.82) is 0 Å². The molecule has 2 heteroatoms. The molecule has 0 bridgehead atoms. The fourth-order valence-corrected chi connectivity index (χ4v) is 9.74. The summed E-state index contributed by atoms with van der Waals surface area (Å²) >= 11 is 1.93. The van der Waals surface area contributed by atoms with E-state index in [1.807, 2.05) is 11.8 Å². The molecule has 11 rings (SSSR count). The van der Waals surface area contributed by atoms with Crippen LogP contribution in [0.25, 0.3) is 87.6 Å². The van der Waals surface area contributed by atoms with Gasteiger partial charge in [-0.25, -0.2) is 0 Å². The first kappa shape index (κ1) is 27.2. The van der Waals surface area contributed by atoms with Crippen molar-refractivity contribution in [2.45, 2.75) is 10.3 Å². The van der Waals surface area contributed by atoms with Crippen LogP contribution in [0.1, 0.15) is 10.9 Å². The molecule has 9 aromatic carbocycles. The van der Waals surface area contributed by atoms with Gasteiger partial charge in [0.25, 0.3) is 0 Å². The molecule has 1 atom stereocenters. The molecule has 49 heavy (non-hydrogen) atoms. The molecule has 0 saturated carbocycles. The van der Waals surface area contributed by atoms with E-state index in [1.54, 1.807) is 0 Å². The van der Waals surface area contributed by atoms with E-state index < -0.39 is 0 Å². The number of anilines is 1. The van der Waals surface area contributed by atoms with Crippen LogP contribution in [0.5, 0.6) is 0 Å². The summed E-state index contributed by atoms with van der Waals surface area (Å²) < 4.78 is 0. The number of nitrogens with one attached hydrogen (secondary N) is 1. The SMILES string of the molecule is c1ccc(C2Nc3ccc4ccc5cc(-c6ccc(-c7ccc8c9c(cccc79)-c7ccccc7-8)c7ccccc67)ccc5c4c3S2)cc1. The second-order valence-electron chi connectivity index (χ2n) is 13.2.